The number of carbonyl (C=O) groups excluding carboxylic acids is 1. The molecule has 19 heavy (non-hydrogen) atoms. The number of benzene rings is 1. The molecule has 8 heteroatoms. The maximum absolute atomic E-state index is 12.4. The van der Waals surface area contributed by atoms with Gasteiger partial charge < -0.3 is 5.32 Å². The maximum Gasteiger partial charge on any atom is 0.265 e. The molecule has 0 bridgehead atoms. The Morgan fingerprint density at radius 1 is 1.32 bits per heavy atom. The van der Waals surface area contributed by atoms with E-state index < -0.39 is 15.9 Å². The van der Waals surface area contributed by atoms with Gasteiger partial charge in [0.1, 0.15) is 0 Å². The number of piperazine rings is 1. The zero-order chi connectivity index (χ0) is 13.9. The molecule has 1 aromatic carbocycles. The van der Waals surface area contributed by atoms with Gasteiger partial charge in [0.15, 0.2) is 0 Å². The van der Waals surface area contributed by atoms with Gasteiger partial charge in [0, 0.05) is 31.7 Å². The van der Waals surface area contributed by atoms with Crippen LogP contribution >= 0.6 is 0 Å². The SMILES string of the molecule is NNC(=O)c1cccc(S(=O)(=O)N2CCNCC2)c1. The number of nitrogens with zero attached hydrogens (tertiary/aromatic N) is 1. The summed E-state index contributed by atoms with van der Waals surface area (Å²) >= 11 is 0. The molecule has 1 heterocycles. The molecule has 1 saturated heterocycles. The largest absolute Gasteiger partial charge is 0.314 e. The van der Waals surface area contributed by atoms with E-state index >= 15 is 0 Å². The molecule has 1 aromatic rings. The molecule has 0 radical (unpaired) electrons. The van der Waals surface area contributed by atoms with Crippen molar-refractivity contribution in [2.45, 2.75) is 4.90 Å². The number of amides is 1. The Kier molecular flexibility index (Phi) is 4.15. The third-order valence-corrected chi connectivity index (χ3v) is 4.84. The van der Waals surface area contributed by atoms with E-state index in [9.17, 15) is 13.2 Å². The molecule has 0 unspecified atom stereocenters. The predicted octanol–water partition coefficient (Wildman–Crippen LogP) is -1.12. The molecule has 104 valence electrons. The van der Waals surface area contributed by atoms with Crippen LogP contribution in [0.1, 0.15) is 10.4 Å². The molecule has 0 saturated carbocycles. The van der Waals surface area contributed by atoms with Gasteiger partial charge in [0.2, 0.25) is 10.0 Å². The van der Waals surface area contributed by atoms with Crippen LogP contribution in [-0.4, -0.2) is 44.8 Å². The van der Waals surface area contributed by atoms with Gasteiger partial charge in [0.25, 0.3) is 5.91 Å². The van der Waals surface area contributed by atoms with Gasteiger partial charge in [0.05, 0.1) is 4.90 Å². The van der Waals surface area contributed by atoms with E-state index in [0.717, 1.165) is 0 Å². The fourth-order valence-electron chi connectivity index (χ4n) is 1.91. The first-order chi connectivity index (χ1) is 9.05. The normalized spacial score (nSPS) is 17.1. The molecule has 0 aromatic heterocycles. The summed E-state index contributed by atoms with van der Waals surface area (Å²) in [5, 5.41) is 3.09. The van der Waals surface area contributed by atoms with Crippen LogP contribution in [0.15, 0.2) is 29.2 Å². The van der Waals surface area contributed by atoms with Gasteiger partial charge in [-0.3, -0.25) is 10.2 Å². The Hall–Kier alpha value is -1.48. The molecule has 1 fully saturated rings. The highest BCUT2D eigenvalue weighted by Gasteiger charge is 2.26. The van der Waals surface area contributed by atoms with Crippen LogP contribution in [0, 0.1) is 0 Å². The van der Waals surface area contributed by atoms with Crippen molar-refractivity contribution in [3.8, 4) is 0 Å². The Morgan fingerprint density at radius 3 is 2.63 bits per heavy atom. The second-order valence-electron chi connectivity index (χ2n) is 4.16. The highest BCUT2D eigenvalue weighted by atomic mass is 32.2. The van der Waals surface area contributed by atoms with Crippen LogP contribution in [-0.2, 0) is 10.0 Å². The average molecular weight is 284 g/mol. The summed E-state index contributed by atoms with van der Waals surface area (Å²) in [5.74, 6) is 4.52. The molecular weight excluding hydrogens is 268 g/mol. The molecule has 4 N–H and O–H groups in total. The highest BCUT2D eigenvalue weighted by molar-refractivity contribution is 7.89. The van der Waals surface area contributed by atoms with Gasteiger partial charge in [-0.1, -0.05) is 6.07 Å². The summed E-state index contributed by atoms with van der Waals surface area (Å²) in [6.45, 7) is 2.11. The zero-order valence-electron chi connectivity index (χ0n) is 10.3. The topological polar surface area (TPSA) is 105 Å². The van der Waals surface area contributed by atoms with Gasteiger partial charge in [-0.05, 0) is 18.2 Å². The number of hydrazine groups is 1. The van der Waals surface area contributed by atoms with Crippen molar-refractivity contribution in [3.05, 3.63) is 29.8 Å². The lowest BCUT2D eigenvalue weighted by Crippen LogP contribution is -2.46. The summed E-state index contributed by atoms with van der Waals surface area (Å²) < 4.78 is 26.2. The first kappa shape index (κ1) is 13.9. The fourth-order valence-corrected chi connectivity index (χ4v) is 3.40. The number of hydrogen-bond donors (Lipinski definition) is 3. The second-order valence-corrected chi connectivity index (χ2v) is 6.09. The molecule has 1 aliphatic heterocycles. The standard InChI is InChI=1S/C11H16N4O3S/c12-14-11(16)9-2-1-3-10(8-9)19(17,18)15-6-4-13-5-7-15/h1-3,8,13H,4-7,12H2,(H,14,16). The summed E-state index contributed by atoms with van der Waals surface area (Å²) in [4.78, 5) is 11.5. The van der Waals surface area contributed by atoms with Crippen LogP contribution in [0.25, 0.3) is 0 Å². The minimum absolute atomic E-state index is 0.107. The van der Waals surface area contributed by atoms with Crippen molar-refractivity contribution in [1.82, 2.24) is 15.0 Å². The molecule has 2 rings (SSSR count). The van der Waals surface area contributed by atoms with E-state index in [2.05, 4.69) is 5.32 Å². The number of sulfonamides is 1. The molecule has 1 aliphatic rings. The molecular formula is C11H16N4O3S. The van der Waals surface area contributed by atoms with Crippen molar-refractivity contribution >= 4 is 15.9 Å². The number of nitrogens with two attached hydrogens (primary N) is 1. The van der Waals surface area contributed by atoms with Gasteiger partial charge >= 0.3 is 0 Å². The molecule has 0 spiro atoms. The summed E-state index contributed by atoms with van der Waals surface area (Å²) in [6.07, 6.45) is 0. The van der Waals surface area contributed by atoms with Crippen LogP contribution in [0.5, 0.6) is 0 Å². The summed E-state index contributed by atoms with van der Waals surface area (Å²) in [7, 11) is -3.55. The van der Waals surface area contributed by atoms with Crippen molar-refractivity contribution in [2.75, 3.05) is 26.2 Å². The number of carbonyl (C=O) groups is 1. The van der Waals surface area contributed by atoms with Crippen LogP contribution < -0.4 is 16.6 Å². The minimum Gasteiger partial charge on any atom is -0.314 e. The van der Waals surface area contributed by atoms with E-state index in [4.69, 9.17) is 5.84 Å². The smallest absolute Gasteiger partial charge is 0.265 e. The third kappa shape index (κ3) is 2.92. The monoisotopic (exact) mass is 284 g/mol. The summed E-state index contributed by atoms with van der Waals surface area (Å²) in [5.41, 5.74) is 2.20. The lowest BCUT2D eigenvalue weighted by Gasteiger charge is -2.26. The lowest BCUT2D eigenvalue weighted by molar-refractivity contribution is 0.0953. The highest BCUT2D eigenvalue weighted by Crippen LogP contribution is 2.17. The zero-order valence-corrected chi connectivity index (χ0v) is 11.1. The van der Waals surface area contributed by atoms with E-state index in [-0.39, 0.29) is 10.5 Å². The van der Waals surface area contributed by atoms with Crippen molar-refractivity contribution in [3.63, 3.8) is 0 Å². The lowest BCUT2D eigenvalue weighted by atomic mass is 10.2. The number of nitrogen functional groups attached to an aromatic ring is 1. The Bertz CT molecular complexity index is 567. The van der Waals surface area contributed by atoms with Crippen molar-refractivity contribution in [2.24, 2.45) is 5.84 Å². The number of nitrogens with one attached hydrogen (secondary N) is 2. The molecule has 0 atom stereocenters. The van der Waals surface area contributed by atoms with E-state index in [0.29, 0.717) is 26.2 Å². The first-order valence-corrected chi connectivity index (χ1v) is 7.31. The quantitative estimate of drug-likeness (QED) is 0.371. The maximum atomic E-state index is 12.4. The summed E-state index contributed by atoms with van der Waals surface area (Å²) in [6, 6.07) is 5.85. The van der Waals surface area contributed by atoms with E-state index in [1.54, 1.807) is 0 Å². The number of hydrogen-bond acceptors (Lipinski definition) is 5. The van der Waals surface area contributed by atoms with Crippen molar-refractivity contribution in [1.29, 1.82) is 0 Å². The van der Waals surface area contributed by atoms with Crippen molar-refractivity contribution < 1.29 is 13.2 Å². The van der Waals surface area contributed by atoms with Gasteiger partial charge in [-0.2, -0.15) is 4.31 Å². The second kappa shape index (κ2) is 5.66. The molecule has 0 aliphatic carbocycles. The van der Waals surface area contributed by atoms with Crippen LogP contribution in [0.4, 0.5) is 0 Å². The van der Waals surface area contributed by atoms with Gasteiger partial charge in [-0.15, -0.1) is 0 Å². The average Bonchev–Trinajstić information content (AvgIpc) is 2.47. The van der Waals surface area contributed by atoms with E-state index in [1.165, 1.54) is 28.6 Å². The Balaban J connectivity index is 2.32. The number of rotatable bonds is 3. The van der Waals surface area contributed by atoms with E-state index in [1.807, 2.05) is 5.43 Å². The molecule has 7 nitrogen and oxygen atoms in total. The van der Waals surface area contributed by atoms with Crippen LogP contribution in [0.2, 0.25) is 0 Å². The fraction of sp³-hybridized carbons (Fsp3) is 0.364. The first-order valence-electron chi connectivity index (χ1n) is 5.87. The third-order valence-electron chi connectivity index (χ3n) is 2.94. The van der Waals surface area contributed by atoms with Gasteiger partial charge in [-0.25, -0.2) is 14.3 Å². The minimum atomic E-state index is -3.55. The predicted molar refractivity (Wildman–Crippen MR) is 69.7 cm³/mol. The Labute approximate surface area is 111 Å². The Morgan fingerprint density at radius 2 is 2.00 bits per heavy atom. The molecule has 1 amide bonds. The van der Waals surface area contributed by atoms with Crippen LogP contribution in [0.3, 0.4) is 0 Å².